The highest BCUT2D eigenvalue weighted by Gasteiger charge is 2.06. The van der Waals surface area contributed by atoms with Crippen LogP contribution in [0.4, 0.5) is 28.8 Å². The van der Waals surface area contributed by atoms with Crippen molar-refractivity contribution in [1.29, 1.82) is 0 Å². The summed E-state index contributed by atoms with van der Waals surface area (Å²) < 4.78 is 5.17. The fourth-order valence-electron chi connectivity index (χ4n) is 2.55. The van der Waals surface area contributed by atoms with Gasteiger partial charge in [-0.25, -0.2) is 4.98 Å². The first-order valence-corrected chi connectivity index (χ1v) is 8.83. The number of hydrogen-bond donors (Lipinski definition) is 2. The summed E-state index contributed by atoms with van der Waals surface area (Å²) in [5.74, 6) is 1.82. The van der Waals surface area contributed by atoms with Crippen molar-refractivity contribution in [2.45, 2.75) is 6.92 Å². The number of methoxy groups -OCH3 is 1. The van der Waals surface area contributed by atoms with Gasteiger partial charge in [-0.2, -0.15) is 4.98 Å². The van der Waals surface area contributed by atoms with Crippen LogP contribution in [0.2, 0.25) is 5.02 Å². The summed E-state index contributed by atoms with van der Waals surface area (Å²) in [6.45, 7) is 1.92. The molecule has 0 bridgehead atoms. The molecule has 7 heteroatoms. The molecule has 0 aliphatic rings. The van der Waals surface area contributed by atoms with Crippen LogP contribution in [-0.2, 0) is 0 Å². The molecule has 1 aromatic heterocycles. The van der Waals surface area contributed by atoms with Crippen LogP contribution in [0.15, 0.2) is 48.5 Å². The van der Waals surface area contributed by atoms with Crippen LogP contribution in [0.25, 0.3) is 0 Å². The fourth-order valence-corrected chi connectivity index (χ4v) is 2.81. The molecule has 0 saturated heterocycles. The van der Waals surface area contributed by atoms with Gasteiger partial charge in [0.05, 0.1) is 12.1 Å². The Morgan fingerprint density at radius 3 is 2.26 bits per heavy atom. The summed E-state index contributed by atoms with van der Waals surface area (Å²) in [7, 11) is 5.61. The first-order chi connectivity index (χ1) is 12.9. The summed E-state index contributed by atoms with van der Waals surface area (Å²) in [6, 6.07) is 15.5. The molecule has 0 fully saturated rings. The van der Waals surface area contributed by atoms with Crippen LogP contribution < -0.4 is 20.3 Å². The summed E-state index contributed by atoms with van der Waals surface area (Å²) >= 11 is 6.18. The highest BCUT2D eigenvalue weighted by molar-refractivity contribution is 6.32. The lowest BCUT2D eigenvalue weighted by Gasteiger charge is -2.14. The molecule has 0 saturated carbocycles. The second kappa shape index (κ2) is 8.14. The van der Waals surface area contributed by atoms with Crippen LogP contribution in [0.5, 0.6) is 5.75 Å². The van der Waals surface area contributed by atoms with Gasteiger partial charge in [0.2, 0.25) is 5.95 Å². The van der Waals surface area contributed by atoms with Crippen molar-refractivity contribution in [3.8, 4) is 5.75 Å². The summed E-state index contributed by atoms with van der Waals surface area (Å²) in [4.78, 5) is 11.0. The van der Waals surface area contributed by atoms with Gasteiger partial charge in [-0.1, -0.05) is 11.6 Å². The second-order valence-corrected chi connectivity index (χ2v) is 6.67. The highest BCUT2D eigenvalue weighted by atomic mass is 35.5. The Labute approximate surface area is 164 Å². The summed E-state index contributed by atoms with van der Waals surface area (Å²) in [5.41, 5.74) is 3.72. The molecule has 2 N–H and O–H groups in total. The van der Waals surface area contributed by atoms with E-state index >= 15 is 0 Å². The number of hydrogen-bond acceptors (Lipinski definition) is 6. The number of ether oxygens (including phenoxy) is 1. The molecule has 1 heterocycles. The van der Waals surface area contributed by atoms with E-state index in [0.717, 1.165) is 22.8 Å². The Bertz CT molecular complexity index is 928. The van der Waals surface area contributed by atoms with Crippen molar-refractivity contribution in [2.24, 2.45) is 0 Å². The van der Waals surface area contributed by atoms with Gasteiger partial charge in [0, 0.05) is 42.9 Å². The number of nitrogens with zero attached hydrogens (tertiary/aromatic N) is 3. The first kappa shape index (κ1) is 18.8. The van der Waals surface area contributed by atoms with Gasteiger partial charge in [-0.15, -0.1) is 0 Å². The van der Waals surface area contributed by atoms with E-state index in [9.17, 15) is 0 Å². The van der Waals surface area contributed by atoms with Crippen molar-refractivity contribution < 1.29 is 4.74 Å². The number of benzene rings is 2. The quantitative estimate of drug-likeness (QED) is 0.624. The van der Waals surface area contributed by atoms with E-state index in [4.69, 9.17) is 16.3 Å². The molecule has 27 heavy (non-hydrogen) atoms. The van der Waals surface area contributed by atoms with Crippen LogP contribution in [0.1, 0.15) is 5.69 Å². The molecule has 0 radical (unpaired) electrons. The number of aryl methyl sites for hydroxylation is 1. The summed E-state index contributed by atoms with van der Waals surface area (Å²) in [6.07, 6.45) is 0. The molecular weight excluding hydrogens is 362 g/mol. The van der Waals surface area contributed by atoms with Gasteiger partial charge < -0.3 is 20.3 Å². The van der Waals surface area contributed by atoms with Gasteiger partial charge in [-0.3, -0.25) is 0 Å². The molecule has 3 rings (SSSR count). The average Bonchev–Trinajstić information content (AvgIpc) is 2.62. The van der Waals surface area contributed by atoms with E-state index in [2.05, 4.69) is 37.6 Å². The zero-order valence-electron chi connectivity index (χ0n) is 15.7. The molecule has 6 nitrogen and oxygen atoms in total. The number of aromatic nitrogens is 2. The lowest BCUT2D eigenvalue weighted by molar-refractivity contribution is 0.415. The highest BCUT2D eigenvalue weighted by Crippen LogP contribution is 2.28. The molecule has 0 spiro atoms. The number of rotatable bonds is 6. The number of nitrogens with one attached hydrogen (secondary N) is 2. The molecule has 0 amide bonds. The zero-order chi connectivity index (χ0) is 19.4. The molecule has 0 aliphatic heterocycles. The standard InChI is InChI=1S/C20H22ClN5O/c1-13-11-19(23-14-5-8-16(9-6-14)26(2)3)25-20(22-13)24-15-7-10-18(27-4)17(21)12-15/h5-12H,1-4H3,(H2,22,23,24,25). The van der Waals surface area contributed by atoms with Crippen LogP contribution >= 0.6 is 11.6 Å². The minimum absolute atomic E-state index is 0.489. The molecular formula is C20H22ClN5O. The molecule has 0 aliphatic carbocycles. The SMILES string of the molecule is COc1ccc(Nc2nc(C)cc(Nc3ccc(N(C)C)cc3)n2)cc1Cl. The Morgan fingerprint density at radius 2 is 1.63 bits per heavy atom. The van der Waals surface area contributed by atoms with Crippen LogP contribution in [0, 0.1) is 6.92 Å². The van der Waals surface area contributed by atoms with Crippen molar-refractivity contribution in [1.82, 2.24) is 9.97 Å². The monoisotopic (exact) mass is 383 g/mol. The molecule has 0 atom stereocenters. The Morgan fingerprint density at radius 1 is 0.926 bits per heavy atom. The van der Waals surface area contributed by atoms with Gasteiger partial charge in [-0.05, 0) is 49.4 Å². The molecule has 2 aromatic carbocycles. The minimum Gasteiger partial charge on any atom is -0.495 e. The second-order valence-electron chi connectivity index (χ2n) is 6.26. The largest absolute Gasteiger partial charge is 0.495 e. The lowest BCUT2D eigenvalue weighted by atomic mass is 10.2. The Balaban J connectivity index is 1.78. The van der Waals surface area contributed by atoms with Gasteiger partial charge >= 0.3 is 0 Å². The van der Waals surface area contributed by atoms with Crippen LogP contribution in [0.3, 0.4) is 0 Å². The van der Waals surface area contributed by atoms with Crippen molar-refractivity contribution in [3.63, 3.8) is 0 Å². The van der Waals surface area contributed by atoms with Crippen LogP contribution in [-0.4, -0.2) is 31.2 Å². The zero-order valence-corrected chi connectivity index (χ0v) is 16.5. The normalized spacial score (nSPS) is 10.4. The van der Waals surface area contributed by atoms with Crippen molar-refractivity contribution in [2.75, 3.05) is 36.7 Å². The van der Waals surface area contributed by atoms with Gasteiger partial charge in [0.25, 0.3) is 0 Å². The molecule has 0 unspecified atom stereocenters. The lowest BCUT2D eigenvalue weighted by Crippen LogP contribution is -2.08. The average molecular weight is 384 g/mol. The molecule has 3 aromatic rings. The van der Waals surface area contributed by atoms with Crippen molar-refractivity contribution >= 4 is 40.4 Å². The number of anilines is 5. The Hall–Kier alpha value is -2.99. The van der Waals surface area contributed by atoms with Gasteiger partial charge in [0.15, 0.2) is 0 Å². The molecule has 140 valence electrons. The smallest absolute Gasteiger partial charge is 0.229 e. The van der Waals surface area contributed by atoms with E-state index < -0.39 is 0 Å². The third kappa shape index (κ3) is 4.80. The third-order valence-electron chi connectivity index (χ3n) is 3.92. The van der Waals surface area contributed by atoms with E-state index in [-0.39, 0.29) is 0 Å². The topological polar surface area (TPSA) is 62.3 Å². The van der Waals surface area contributed by atoms with Gasteiger partial charge in [0.1, 0.15) is 11.6 Å². The maximum Gasteiger partial charge on any atom is 0.229 e. The Kier molecular flexibility index (Phi) is 5.66. The minimum atomic E-state index is 0.489. The van der Waals surface area contributed by atoms with E-state index in [0.29, 0.717) is 22.5 Å². The maximum atomic E-state index is 6.18. The van der Waals surface area contributed by atoms with E-state index in [1.165, 1.54) is 0 Å². The predicted molar refractivity (Wildman–Crippen MR) is 112 cm³/mol. The summed E-state index contributed by atoms with van der Waals surface area (Å²) in [5, 5.41) is 7.01. The predicted octanol–water partition coefficient (Wildman–Crippen LogP) is 5.00. The number of halogens is 1. The van der Waals surface area contributed by atoms with E-state index in [1.807, 2.05) is 45.3 Å². The fraction of sp³-hybridized carbons (Fsp3) is 0.200. The van der Waals surface area contributed by atoms with Crippen molar-refractivity contribution in [3.05, 3.63) is 59.2 Å². The van der Waals surface area contributed by atoms with E-state index in [1.54, 1.807) is 19.2 Å². The maximum absolute atomic E-state index is 6.18. The third-order valence-corrected chi connectivity index (χ3v) is 4.21. The first-order valence-electron chi connectivity index (χ1n) is 8.45.